The van der Waals surface area contributed by atoms with Crippen molar-refractivity contribution in [1.82, 2.24) is 25.4 Å². The summed E-state index contributed by atoms with van der Waals surface area (Å²) in [7, 11) is 1.96. The number of guanidine groups is 1. The van der Waals surface area contributed by atoms with Gasteiger partial charge in [0.1, 0.15) is 12.4 Å². The zero-order valence-corrected chi connectivity index (χ0v) is 17.4. The van der Waals surface area contributed by atoms with Crippen LogP contribution in [0.3, 0.4) is 0 Å². The Morgan fingerprint density at radius 1 is 1.32 bits per heavy atom. The van der Waals surface area contributed by atoms with Crippen molar-refractivity contribution in [2.75, 3.05) is 13.2 Å². The first kappa shape index (κ1) is 20.3. The van der Waals surface area contributed by atoms with Crippen molar-refractivity contribution in [3.63, 3.8) is 0 Å². The van der Waals surface area contributed by atoms with Crippen LogP contribution >= 0.6 is 0 Å². The third-order valence-electron chi connectivity index (χ3n) is 5.32. The number of aliphatic imine (C=N–C) groups is 1. The van der Waals surface area contributed by atoms with Crippen LogP contribution in [0.2, 0.25) is 0 Å². The quantitative estimate of drug-likeness (QED) is 0.567. The first-order valence-electron chi connectivity index (χ1n) is 10.2. The number of nitrogens with zero attached hydrogens (tertiary/aromatic N) is 4. The lowest BCUT2D eigenvalue weighted by Crippen LogP contribution is -2.42. The monoisotopic (exact) mass is 384 g/mol. The van der Waals surface area contributed by atoms with Crippen molar-refractivity contribution < 1.29 is 4.74 Å². The fourth-order valence-corrected chi connectivity index (χ4v) is 3.24. The van der Waals surface area contributed by atoms with Crippen LogP contribution in [0.1, 0.15) is 55.5 Å². The average Bonchev–Trinajstić information content (AvgIpc) is 3.35. The standard InChI is InChI=1S/C21H32N6O/c1-5-17-8-10-18(11-9-17)15(2)24-21(22-13-19-7-6-12-28-19)23-14-20-26-25-16(3)27(20)4/h8-11,15,19H,5-7,12-14H2,1-4H3,(H2,22,23,24). The molecular formula is C21H32N6O. The minimum Gasteiger partial charge on any atom is -0.376 e. The number of hydrogen-bond acceptors (Lipinski definition) is 4. The van der Waals surface area contributed by atoms with Crippen LogP contribution in [0.25, 0.3) is 0 Å². The highest BCUT2D eigenvalue weighted by atomic mass is 16.5. The lowest BCUT2D eigenvalue weighted by Gasteiger charge is -2.20. The summed E-state index contributed by atoms with van der Waals surface area (Å²) in [6.07, 6.45) is 3.53. The minimum absolute atomic E-state index is 0.142. The van der Waals surface area contributed by atoms with Crippen molar-refractivity contribution in [2.45, 2.75) is 58.7 Å². The van der Waals surface area contributed by atoms with Gasteiger partial charge in [0.15, 0.2) is 11.8 Å². The van der Waals surface area contributed by atoms with Crippen molar-refractivity contribution in [3.05, 3.63) is 47.0 Å². The second-order valence-corrected chi connectivity index (χ2v) is 7.36. The lowest BCUT2D eigenvalue weighted by atomic mass is 10.1. The number of benzene rings is 1. The molecule has 0 bridgehead atoms. The van der Waals surface area contributed by atoms with Crippen LogP contribution in [-0.2, 0) is 24.8 Å². The Labute approximate surface area is 167 Å². The van der Waals surface area contributed by atoms with Gasteiger partial charge in [-0.3, -0.25) is 0 Å². The number of nitrogens with one attached hydrogen (secondary N) is 2. The Kier molecular flexibility index (Phi) is 7.03. The summed E-state index contributed by atoms with van der Waals surface area (Å²) < 4.78 is 7.70. The van der Waals surface area contributed by atoms with E-state index in [9.17, 15) is 0 Å². The Morgan fingerprint density at radius 3 is 2.71 bits per heavy atom. The lowest BCUT2D eigenvalue weighted by molar-refractivity contribution is 0.113. The molecule has 0 aliphatic carbocycles. The molecule has 1 aliphatic rings. The maximum atomic E-state index is 5.73. The number of aromatic nitrogens is 3. The molecule has 2 heterocycles. The number of hydrogen-bond donors (Lipinski definition) is 2. The van der Waals surface area contributed by atoms with Gasteiger partial charge in [-0.2, -0.15) is 0 Å². The van der Waals surface area contributed by atoms with Gasteiger partial charge in [-0.25, -0.2) is 4.99 Å². The predicted molar refractivity (Wildman–Crippen MR) is 111 cm³/mol. The Balaban J connectivity index is 1.68. The van der Waals surface area contributed by atoms with Crippen molar-refractivity contribution >= 4 is 5.96 Å². The normalized spacial score (nSPS) is 18.3. The van der Waals surface area contributed by atoms with Gasteiger partial charge in [-0.1, -0.05) is 31.2 Å². The number of ether oxygens (including phenoxy) is 1. The molecule has 2 N–H and O–H groups in total. The largest absolute Gasteiger partial charge is 0.376 e. The summed E-state index contributed by atoms with van der Waals surface area (Å²) in [6.45, 7) is 8.34. The van der Waals surface area contributed by atoms with Crippen LogP contribution in [0.15, 0.2) is 29.3 Å². The van der Waals surface area contributed by atoms with Gasteiger partial charge in [0.25, 0.3) is 0 Å². The molecule has 1 aliphatic heterocycles. The van der Waals surface area contributed by atoms with Crippen LogP contribution in [0.4, 0.5) is 0 Å². The highest BCUT2D eigenvalue weighted by Crippen LogP contribution is 2.14. The second-order valence-electron chi connectivity index (χ2n) is 7.36. The van der Waals surface area contributed by atoms with E-state index in [1.807, 2.05) is 18.5 Å². The highest BCUT2D eigenvalue weighted by molar-refractivity contribution is 5.80. The zero-order valence-electron chi connectivity index (χ0n) is 17.4. The van der Waals surface area contributed by atoms with E-state index < -0.39 is 0 Å². The molecule has 0 radical (unpaired) electrons. The molecule has 7 heteroatoms. The molecule has 0 amide bonds. The maximum absolute atomic E-state index is 5.73. The second kappa shape index (κ2) is 9.68. The molecule has 2 unspecified atom stereocenters. The van der Waals surface area contributed by atoms with Crippen LogP contribution in [0.5, 0.6) is 0 Å². The smallest absolute Gasteiger partial charge is 0.192 e. The first-order valence-corrected chi connectivity index (χ1v) is 10.2. The predicted octanol–water partition coefficient (Wildman–Crippen LogP) is 2.66. The molecule has 7 nitrogen and oxygen atoms in total. The molecule has 1 fully saturated rings. The van der Waals surface area contributed by atoms with E-state index in [2.05, 4.69) is 58.9 Å². The Morgan fingerprint density at radius 2 is 2.11 bits per heavy atom. The SMILES string of the molecule is CCc1ccc(C(C)NC(=NCc2nnc(C)n2C)NCC2CCCO2)cc1. The summed E-state index contributed by atoms with van der Waals surface area (Å²) in [5, 5.41) is 15.3. The average molecular weight is 385 g/mol. The van der Waals surface area contributed by atoms with E-state index >= 15 is 0 Å². The van der Waals surface area contributed by atoms with E-state index in [1.165, 1.54) is 11.1 Å². The molecule has 0 saturated carbocycles. The first-order chi connectivity index (χ1) is 13.6. The number of rotatable bonds is 7. The van der Waals surface area contributed by atoms with Gasteiger partial charge in [0.2, 0.25) is 0 Å². The number of aryl methyl sites for hydroxylation is 2. The van der Waals surface area contributed by atoms with Gasteiger partial charge in [0, 0.05) is 20.2 Å². The van der Waals surface area contributed by atoms with Gasteiger partial charge in [-0.15, -0.1) is 10.2 Å². The van der Waals surface area contributed by atoms with E-state index in [-0.39, 0.29) is 12.1 Å². The third kappa shape index (κ3) is 5.32. The summed E-state index contributed by atoms with van der Waals surface area (Å²) in [5.41, 5.74) is 2.58. The Hall–Kier alpha value is -2.41. The molecule has 2 aromatic rings. The van der Waals surface area contributed by atoms with E-state index in [0.717, 1.165) is 50.0 Å². The molecule has 3 rings (SSSR count). The van der Waals surface area contributed by atoms with Crippen LogP contribution in [-0.4, -0.2) is 40.0 Å². The fraction of sp³-hybridized carbons (Fsp3) is 0.571. The summed E-state index contributed by atoms with van der Waals surface area (Å²) in [5.74, 6) is 2.50. The fourth-order valence-electron chi connectivity index (χ4n) is 3.24. The molecule has 0 spiro atoms. The van der Waals surface area contributed by atoms with Gasteiger partial charge in [-0.05, 0) is 44.2 Å². The third-order valence-corrected chi connectivity index (χ3v) is 5.32. The molecule has 2 atom stereocenters. The van der Waals surface area contributed by atoms with Gasteiger partial charge in [0.05, 0.1) is 12.1 Å². The summed E-state index contributed by atoms with van der Waals surface area (Å²) in [6, 6.07) is 8.88. The van der Waals surface area contributed by atoms with Crippen LogP contribution in [0, 0.1) is 6.92 Å². The topological polar surface area (TPSA) is 76.4 Å². The minimum atomic E-state index is 0.142. The maximum Gasteiger partial charge on any atom is 0.192 e. The van der Waals surface area contributed by atoms with Crippen molar-refractivity contribution in [3.8, 4) is 0 Å². The van der Waals surface area contributed by atoms with E-state index in [1.54, 1.807) is 0 Å². The van der Waals surface area contributed by atoms with Crippen molar-refractivity contribution in [1.29, 1.82) is 0 Å². The summed E-state index contributed by atoms with van der Waals surface area (Å²) >= 11 is 0. The zero-order chi connectivity index (χ0) is 19.9. The Bertz CT molecular complexity index is 777. The van der Waals surface area contributed by atoms with E-state index in [4.69, 9.17) is 9.73 Å². The van der Waals surface area contributed by atoms with Gasteiger partial charge < -0.3 is 19.9 Å². The molecule has 1 aromatic carbocycles. The molecule has 152 valence electrons. The molecule has 28 heavy (non-hydrogen) atoms. The van der Waals surface area contributed by atoms with Gasteiger partial charge >= 0.3 is 0 Å². The summed E-state index contributed by atoms with van der Waals surface area (Å²) in [4.78, 5) is 4.74. The highest BCUT2D eigenvalue weighted by Gasteiger charge is 2.17. The van der Waals surface area contributed by atoms with Crippen molar-refractivity contribution in [2.24, 2.45) is 12.0 Å². The van der Waals surface area contributed by atoms with Crippen LogP contribution < -0.4 is 10.6 Å². The van der Waals surface area contributed by atoms with E-state index in [0.29, 0.717) is 6.54 Å². The molecule has 1 aromatic heterocycles. The molecular weight excluding hydrogens is 352 g/mol. The molecule has 1 saturated heterocycles.